The molecule has 0 aliphatic heterocycles. The number of rotatable bonds is 6. The minimum Gasteiger partial charge on any atom is -0.299 e. The number of halogens is 1. The fraction of sp³-hybridized carbons (Fsp3) is 0.571. The van der Waals surface area contributed by atoms with Crippen LogP contribution in [0.2, 0.25) is 5.02 Å². The molecule has 0 heterocycles. The Kier molecular flexibility index (Phi) is 5.86. The lowest BCUT2D eigenvalue weighted by molar-refractivity contribution is 0.266. The summed E-state index contributed by atoms with van der Waals surface area (Å²) in [4.78, 5) is 2.47. The van der Waals surface area contributed by atoms with Crippen LogP contribution in [0.15, 0.2) is 18.2 Å². The summed E-state index contributed by atoms with van der Waals surface area (Å²) in [6.07, 6.45) is 2.40. The van der Waals surface area contributed by atoms with Gasteiger partial charge < -0.3 is 0 Å². The maximum absolute atomic E-state index is 6.25. The Labute approximate surface area is 104 Å². The molecule has 16 heavy (non-hydrogen) atoms. The quantitative estimate of drug-likeness (QED) is 0.717. The second-order valence-electron chi connectivity index (χ2n) is 4.37. The average molecular weight is 240 g/mol. The molecule has 0 unspecified atom stereocenters. The van der Waals surface area contributed by atoms with Gasteiger partial charge in [0.15, 0.2) is 0 Å². The third-order valence-corrected chi connectivity index (χ3v) is 3.03. The number of benzene rings is 1. The van der Waals surface area contributed by atoms with E-state index >= 15 is 0 Å². The van der Waals surface area contributed by atoms with Crippen LogP contribution in [0.5, 0.6) is 0 Å². The second kappa shape index (κ2) is 6.93. The van der Waals surface area contributed by atoms with Crippen LogP contribution in [0, 0.1) is 6.92 Å². The predicted octanol–water partition coefficient (Wildman–Crippen LogP) is 4.27. The number of nitrogens with zero attached hydrogens (tertiary/aromatic N) is 1. The summed E-state index contributed by atoms with van der Waals surface area (Å²) in [5.41, 5.74) is 2.47. The SMILES string of the molecule is CCCN(CCC)Cc1ccc(C)cc1Cl. The zero-order chi connectivity index (χ0) is 12.0. The van der Waals surface area contributed by atoms with Crippen LogP contribution < -0.4 is 0 Å². The summed E-state index contributed by atoms with van der Waals surface area (Å²) in [6.45, 7) is 9.79. The molecule has 0 radical (unpaired) electrons. The molecule has 0 atom stereocenters. The van der Waals surface area contributed by atoms with E-state index in [4.69, 9.17) is 11.6 Å². The second-order valence-corrected chi connectivity index (χ2v) is 4.78. The fourth-order valence-corrected chi connectivity index (χ4v) is 2.22. The summed E-state index contributed by atoms with van der Waals surface area (Å²) in [6, 6.07) is 6.33. The molecular weight excluding hydrogens is 218 g/mol. The van der Waals surface area contributed by atoms with Gasteiger partial charge in [0, 0.05) is 11.6 Å². The molecule has 0 N–H and O–H groups in total. The van der Waals surface area contributed by atoms with E-state index in [1.54, 1.807) is 0 Å². The van der Waals surface area contributed by atoms with Crippen molar-refractivity contribution < 1.29 is 0 Å². The van der Waals surface area contributed by atoms with Gasteiger partial charge in [-0.15, -0.1) is 0 Å². The normalized spacial score (nSPS) is 11.1. The molecule has 0 fully saturated rings. The van der Waals surface area contributed by atoms with Crippen molar-refractivity contribution in [1.82, 2.24) is 4.90 Å². The first-order chi connectivity index (χ1) is 7.67. The molecule has 0 aliphatic carbocycles. The zero-order valence-electron chi connectivity index (χ0n) is 10.6. The van der Waals surface area contributed by atoms with Crippen molar-refractivity contribution in [3.05, 3.63) is 34.3 Å². The molecule has 0 saturated carbocycles. The summed E-state index contributed by atoms with van der Waals surface area (Å²) >= 11 is 6.25. The summed E-state index contributed by atoms with van der Waals surface area (Å²) < 4.78 is 0. The Hall–Kier alpha value is -0.530. The third kappa shape index (κ3) is 4.15. The molecule has 1 aromatic rings. The smallest absolute Gasteiger partial charge is 0.0453 e. The maximum Gasteiger partial charge on any atom is 0.0453 e. The van der Waals surface area contributed by atoms with Gasteiger partial charge in [-0.2, -0.15) is 0 Å². The molecule has 0 aromatic heterocycles. The van der Waals surface area contributed by atoms with Gasteiger partial charge in [0.05, 0.1) is 0 Å². The van der Waals surface area contributed by atoms with Gasteiger partial charge in [0.2, 0.25) is 0 Å². The highest BCUT2D eigenvalue weighted by molar-refractivity contribution is 6.31. The van der Waals surface area contributed by atoms with Crippen molar-refractivity contribution in [2.45, 2.75) is 40.2 Å². The van der Waals surface area contributed by atoms with Gasteiger partial charge in [-0.05, 0) is 50.0 Å². The minimum atomic E-state index is 0.900. The monoisotopic (exact) mass is 239 g/mol. The van der Waals surface area contributed by atoms with E-state index in [0.717, 1.165) is 24.7 Å². The van der Waals surface area contributed by atoms with Crippen LogP contribution in [0.4, 0.5) is 0 Å². The lowest BCUT2D eigenvalue weighted by Gasteiger charge is -2.21. The Bertz CT molecular complexity index is 317. The van der Waals surface area contributed by atoms with Gasteiger partial charge in [-0.1, -0.05) is 37.6 Å². The van der Waals surface area contributed by atoms with Crippen molar-refractivity contribution in [2.75, 3.05) is 13.1 Å². The standard InChI is InChI=1S/C14H22ClN/c1-4-8-16(9-5-2)11-13-7-6-12(3)10-14(13)15/h6-7,10H,4-5,8-9,11H2,1-3H3. The molecule has 0 amide bonds. The number of hydrogen-bond acceptors (Lipinski definition) is 1. The van der Waals surface area contributed by atoms with Crippen molar-refractivity contribution >= 4 is 11.6 Å². The molecule has 0 spiro atoms. The van der Waals surface area contributed by atoms with Gasteiger partial charge in [0.25, 0.3) is 0 Å². The maximum atomic E-state index is 6.25. The first kappa shape index (κ1) is 13.5. The Morgan fingerprint density at radius 3 is 2.25 bits per heavy atom. The average Bonchev–Trinajstić information content (AvgIpc) is 2.23. The van der Waals surface area contributed by atoms with Gasteiger partial charge >= 0.3 is 0 Å². The molecular formula is C14H22ClN. The molecule has 1 nitrogen and oxygen atoms in total. The van der Waals surface area contributed by atoms with Crippen molar-refractivity contribution in [3.8, 4) is 0 Å². The highest BCUT2D eigenvalue weighted by Gasteiger charge is 2.06. The van der Waals surface area contributed by atoms with Crippen LogP contribution in [0.3, 0.4) is 0 Å². The lowest BCUT2D eigenvalue weighted by atomic mass is 10.1. The zero-order valence-corrected chi connectivity index (χ0v) is 11.3. The van der Waals surface area contributed by atoms with Crippen LogP contribution in [-0.2, 0) is 6.54 Å². The topological polar surface area (TPSA) is 3.24 Å². The van der Waals surface area contributed by atoms with E-state index in [1.807, 2.05) is 6.07 Å². The van der Waals surface area contributed by atoms with E-state index < -0.39 is 0 Å². The lowest BCUT2D eigenvalue weighted by Crippen LogP contribution is -2.25. The molecule has 1 aromatic carbocycles. The van der Waals surface area contributed by atoms with Crippen molar-refractivity contribution in [3.63, 3.8) is 0 Å². The van der Waals surface area contributed by atoms with Crippen molar-refractivity contribution in [2.24, 2.45) is 0 Å². The fourth-order valence-electron chi connectivity index (χ4n) is 1.92. The first-order valence-electron chi connectivity index (χ1n) is 6.14. The highest BCUT2D eigenvalue weighted by atomic mass is 35.5. The molecule has 2 heteroatoms. The van der Waals surface area contributed by atoms with E-state index in [-0.39, 0.29) is 0 Å². The van der Waals surface area contributed by atoms with E-state index in [0.29, 0.717) is 0 Å². The first-order valence-corrected chi connectivity index (χ1v) is 6.52. The molecule has 0 saturated heterocycles. The molecule has 0 aliphatic rings. The Morgan fingerprint density at radius 1 is 1.12 bits per heavy atom. The minimum absolute atomic E-state index is 0.900. The van der Waals surface area contributed by atoms with Crippen LogP contribution in [0.25, 0.3) is 0 Å². The largest absolute Gasteiger partial charge is 0.299 e. The molecule has 0 bridgehead atoms. The molecule has 1 rings (SSSR count). The van der Waals surface area contributed by atoms with E-state index in [1.165, 1.54) is 24.0 Å². The van der Waals surface area contributed by atoms with Crippen LogP contribution in [-0.4, -0.2) is 18.0 Å². The van der Waals surface area contributed by atoms with Gasteiger partial charge in [-0.3, -0.25) is 4.90 Å². The Balaban J connectivity index is 2.68. The van der Waals surface area contributed by atoms with E-state index in [9.17, 15) is 0 Å². The summed E-state index contributed by atoms with van der Waals surface area (Å²) in [7, 11) is 0. The van der Waals surface area contributed by atoms with Gasteiger partial charge in [-0.25, -0.2) is 0 Å². The summed E-state index contributed by atoms with van der Waals surface area (Å²) in [5.74, 6) is 0. The predicted molar refractivity (Wildman–Crippen MR) is 72.0 cm³/mol. The number of hydrogen-bond donors (Lipinski definition) is 0. The summed E-state index contributed by atoms with van der Waals surface area (Å²) in [5, 5.41) is 0.900. The molecule has 90 valence electrons. The third-order valence-electron chi connectivity index (χ3n) is 2.68. The van der Waals surface area contributed by atoms with Crippen LogP contribution in [0.1, 0.15) is 37.8 Å². The highest BCUT2D eigenvalue weighted by Crippen LogP contribution is 2.19. The van der Waals surface area contributed by atoms with E-state index in [2.05, 4.69) is 37.8 Å². The van der Waals surface area contributed by atoms with Crippen LogP contribution >= 0.6 is 11.6 Å². The Morgan fingerprint density at radius 2 is 1.75 bits per heavy atom. The van der Waals surface area contributed by atoms with Gasteiger partial charge in [0.1, 0.15) is 0 Å². The van der Waals surface area contributed by atoms with Crippen molar-refractivity contribution in [1.29, 1.82) is 0 Å². The number of aryl methyl sites for hydroxylation is 1.